The van der Waals surface area contributed by atoms with Gasteiger partial charge in [0.1, 0.15) is 12.3 Å². The predicted octanol–water partition coefficient (Wildman–Crippen LogP) is 2.43. The van der Waals surface area contributed by atoms with E-state index in [2.05, 4.69) is 6.58 Å². The molecule has 0 aliphatic carbocycles. The molecule has 1 aromatic carbocycles. The van der Waals surface area contributed by atoms with Crippen LogP contribution in [0.3, 0.4) is 0 Å². The van der Waals surface area contributed by atoms with Gasteiger partial charge in [-0.3, -0.25) is 9.59 Å². The Hall–Kier alpha value is -2.30. The summed E-state index contributed by atoms with van der Waals surface area (Å²) in [6, 6.07) is 6.76. The molecular formula is C16H21NO4. The third kappa shape index (κ3) is 5.69. The monoisotopic (exact) mass is 291 g/mol. The molecule has 1 rings (SSSR count). The number of carboxylic acids is 1. The molecular weight excluding hydrogens is 270 g/mol. The number of carbonyl (C=O) groups is 2. The number of rotatable bonds is 8. The highest BCUT2D eigenvalue weighted by molar-refractivity contribution is 5.96. The number of benzene rings is 1. The average molecular weight is 291 g/mol. The largest absolute Gasteiger partial charge is 0.493 e. The molecule has 0 fully saturated rings. The van der Waals surface area contributed by atoms with Crippen LogP contribution in [0.4, 0.5) is 0 Å². The van der Waals surface area contributed by atoms with E-state index in [1.165, 1.54) is 11.0 Å². The van der Waals surface area contributed by atoms with E-state index < -0.39 is 5.97 Å². The Balaban J connectivity index is 2.86. The van der Waals surface area contributed by atoms with Gasteiger partial charge in [0.05, 0.1) is 6.61 Å². The second-order valence-corrected chi connectivity index (χ2v) is 5.10. The van der Waals surface area contributed by atoms with E-state index in [0.717, 1.165) is 0 Å². The maximum absolute atomic E-state index is 12.3. The van der Waals surface area contributed by atoms with E-state index in [1.807, 2.05) is 13.8 Å². The maximum Gasteiger partial charge on any atom is 0.323 e. The molecule has 21 heavy (non-hydrogen) atoms. The van der Waals surface area contributed by atoms with E-state index in [0.29, 0.717) is 23.8 Å². The van der Waals surface area contributed by atoms with E-state index >= 15 is 0 Å². The molecule has 5 heteroatoms. The lowest BCUT2D eigenvalue weighted by molar-refractivity contribution is -0.137. The first-order valence-corrected chi connectivity index (χ1v) is 6.79. The Bertz CT molecular complexity index is 511. The molecule has 0 aromatic heterocycles. The number of nitrogens with zero attached hydrogens (tertiary/aromatic N) is 1. The van der Waals surface area contributed by atoms with E-state index in [9.17, 15) is 9.59 Å². The fourth-order valence-corrected chi connectivity index (χ4v) is 1.70. The zero-order chi connectivity index (χ0) is 15.8. The molecule has 1 N–H and O–H groups in total. The van der Waals surface area contributed by atoms with Gasteiger partial charge < -0.3 is 14.7 Å². The molecule has 1 amide bonds. The topological polar surface area (TPSA) is 66.8 Å². The van der Waals surface area contributed by atoms with Crippen molar-refractivity contribution in [2.24, 2.45) is 5.92 Å². The molecule has 0 bridgehead atoms. The Kier molecular flexibility index (Phi) is 6.46. The fraction of sp³-hybridized carbons (Fsp3) is 0.375. The van der Waals surface area contributed by atoms with Crippen LogP contribution < -0.4 is 4.74 Å². The SMILES string of the molecule is C=CCN(CC(=O)O)C(=O)c1cccc(OCC(C)C)c1. The summed E-state index contributed by atoms with van der Waals surface area (Å²) in [6.45, 7) is 7.99. The molecule has 5 nitrogen and oxygen atoms in total. The molecule has 0 atom stereocenters. The predicted molar refractivity (Wildman–Crippen MR) is 80.5 cm³/mol. The van der Waals surface area contributed by atoms with Gasteiger partial charge in [0.15, 0.2) is 0 Å². The standard InChI is InChI=1S/C16H21NO4/c1-4-8-17(10-15(18)19)16(20)13-6-5-7-14(9-13)21-11-12(2)3/h4-7,9,12H,1,8,10-11H2,2-3H3,(H,18,19). The van der Waals surface area contributed by atoms with Crippen LogP contribution in [-0.2, 0) is 4.79 Å². The van der Waals surface area contributed by atoms with E-state index in [1.54, 1.807) is 24.3 Å². The number of carbonyl (C=O) groups excluding carboxylic acids is 1. The van der Waals surface area contributed by atoms with Crippen molar-refractivity contribution in [3.8, 4) is 5.75 Å². The van der Waals surface area contributed by atoms with Crippen LogP contribution in [0.5, 0.6) is 5.75 Å². The quantitative estimate of drug-likeness (QED) is 0.747. The highest BCUT2D eigenvalue weighted by atomic mass is 16.5. The van der Waals surface area contributed by atoms with E-state index in [-0.39, 0.29) is 19.0 Å². The number of carboxylic acid groups (broad SMARTS) is 1. The van der Waals surface area contributed by atoms with Crippen molar-refractivity contribution < 1.29 is 19.4 Å². The highest BCUT2D eigenvalue weighted by Gasteiger charge is 2.17. The van der Waals surface area contributed by atoms with Gasteiger partial charge in [-0.05, 0) is 24.1 Å². The van der Waals surface area contributed by atoms with Gasteiger partial charge in [-0.25, -0.2) is 0 Å². The number of aliphatic carboxylic acids is 1. The molecule has 0 aliphatic heterocycles. The first-order valence-electron chi connectivity index (χ1n) is 6.79. The van der Waals surface area contributed by atoms with Crippen molar-refractivity contribution >= 4 is 11.9 Å². The summed E-state index contributed by atoms with van der Waals surface area (Å²) >= 11 is 0. The molecule has 0 aliphatic rings. The lowest BCUT2D eigenvalue weighted by Gasteiger charge is -2.19. The molecule has 0 unspecified atom stereocenters. The minimum atomic E-state index is -1.06. The average Bonchev–Trinajstić information content (AvgIpc) is 2.44. The van der Waals surface area contributed by atoms with Crippen LogP contribution in [0.15, 0.2) is 36.9 Å². The minimum absolute atomic E-state index is 0.183. The van der Waals surface area contributed by atoms with Crippen LogP contribution in [0.1, 0.15) is 24.2 Å². The van der Waals surface area contributed by atoms with Gasteiger partial charge in [0.2, 0.25) is 0 Å². The maximum atomic E-state index is 12.3. The van der Waals surface area contributed by atoms with E-state index in [4.69, 9.17) is 9.84 Å². The zero-order valence-corrected chi connectivity index (χ0v) is 12.4. The number of amides is 1. The molecule has 114 valence electrons. The van der Waals surface area contributed by atoms with Crippen molar-refractivity contribution in [1.82, 2.24) is 4.90 Å². The van der Waals surface area contributed by atoms with Crippen LogP contribution in [0, 0.1) is 5.92 Å². The third-order valence-electron chi connectivity index (χ3n) is 2.63. The molecule has 0 saturated carbocycles. The molecule has 0 heterocycles. The van der Waals surface area contributed by atoms with Crippen molar-refractivity contribution in [3.63, 3.8) is 0 Å². The lowest BCUT2D eigenvalue weighted by atomic mass is 10.2. The summed E-state index contributed by atoms with van der Waals surface area (Å²) in [5, 5.41) is 8.85. The van der Waals surface area contributed by atoms with Crippen LogP contribution in [-0.4, -0.2) is 41.6 Å². The van der Waals surface area contributed by atoms with Gasteiger partial charge in [-0.2, -0.15) is 0 Å². The van der Waals surface area contributed by atoms with Crippen molar-refractivity contribution in [2.45, 2.75) is 13.8 Å². The van der Waals surface area contributed by atoms with Gasteiger partial charge in [-0.1, -0.05) is 26.0 Å². The van der Waals surface area contributed by atoms with Crippen molar-refractivity contribution in [3.05, 3.63) is 42.5 Å². The molecule has 0 saturated heterocycles. The lowest BCUT2D eigenvalue weighted by Crippen LogP contribution is -2.35. The van der Waals surface area contributed by atoms with Gasteiger partial charge in [0, 0.05) is 12.1 Å². The van der Waals surface area contributed by atoms with Crippen LogP contribution >= 0.6 is 0 Å². The van der Waals surface area contributed by atoms with Crippen LogP contribution in [0.25, 0.3) is 0 Å². The summed E-state index contributed by atoms with van der Waals surface area (Å²) in [7, 11) is 0. The number of hydrogen-bond acceptors (Lipinski definition) is 3. The summed E-state index contributed by atoms with van der Waals surface area (Å²) in [4.78, 5) is 24.4. The fourth-order valence-electron chi connectivity index (χ4n) is 1.70. The first-order chi connectivity index (χ1) is 9.93. The van der Waals surface area contributed by atoms with Crippen LogP contribution in [0.2, 0.25) is 0 Å². The second-order valence-electron chi connectivity index (χ2n) is 5.10. The molecule has 0 radical (unpaired) electrons. The van der Waals surface area contributed by atoms with Crippen molar-refractivity contribution in [1.29, 1.82) is 0 Å². The Labute approximate surface area is 124 Å². The summed E-state index contributed by atoms with van der Waals surface area (Å²) < 4.78 is 5.57. The first kappa shape index (κ1) is 16.8. The molecule has 1 aromatic rings. The third-order valence-corrected chi connectivity index (χ3v) is 2.63. The highest BCUT2D eigenvalue weighted by Crippen LogP contribution is 2.16. The van der Waals surface area contributed by atoms with Gasteiger partial charge in [-0.15, -0.1) is 6.58 Å². The summed E-state index contributed by atoms with van der Waals surface area (Å²) in [5.74, 6) is -0.429. The second kappa shape index (κ2) is 8.09. The normalized spacial score (nSPS) is 10.2. The Morgan fingerprint density at radius 2 is 2.14 bits per heavy atom. The minimum Gasteiger partial charge on any atom is -0.493 e. The summed E-state index contributed by atoms with van der Waals surface area (Å²) in [6.07, 6.45) is 1.50. The van der Waals surface area contributed by atoms with Crippen molar-refractivity contribution in [2.75, 3.05) is 19.7 Å². The number of ether oxygens (including phenoxy) is 1. The number of hydrogen-bond donors (Lipinski definition) is 1. The molecule has 0 spiro atoms. The van der Waals surface area contributed by atoms with Gasteiger partial charge >= 0.3 is 5.97 Å². The van der Waals surface area contributed by atoms with Gasteiger partial charge in [0.25, 0.3) is 5.91 Å². The Morgan fingerprint density at radius 1 is 1.43 bits per heavy atom. The smallest absolute Gasteiger partial charge is 0.323 e. The zero-order valence-electron chi connectivity index (χ0n) is 12.4. The Morgan fingerprint density at radius 3 is 2.71 bits per heavy atom. The summed E-state index contributed by atoms with van der Waals surface area (Å²) in [5.41, 5.74) is 0.402.